The van der Waals surface area contributed by atoms with E-state index in [2.05, 4.69) is 36.5 Å². The number of carbonyl (C=O) groups is 1. The van der Waals surface area contributed by atoms with Crippen molar-refractivity contribution in [3.63, 3.8) is 0 Å². The van der Waals surface area contributed by atoms with Gasteiger partial charge in [-0.3, -0.25) is 14.9 Å². The van der Waals surface area contributed by atoms with Crippen LogP contribution in [0.2, 0.25) is 0 Å². The minimum atomic E-state index is -0.517. The van der Waals surface area contributed by atoms with Gasteiger partial charge in [0.2, 0.25) is 5.95 Å². The van der Waals surface area contributed by atoms with Gasteiger partial charge < -0.3 is 15.4 Å². The molecule has 2 aromatic heterocycles. The lowest BCUT2D eigenvalue weighted by atomic mass is 9.99. The monoisotopic (exact) mass is 543 g/mol. The summed E-state index contributed by atoms with van der Waals surface area (Å²) in [6, 6.07) is 13.5. The normalized spacial score (nSPS) is 14.8. The summed E-state index contributed by atoms with van der Waals surface area (Å²) in [6.45, 7) is 7.80. The van der Waals surface area contributed by atoms with Gasteiger partial charge >= 0.3 is 0 Å². The molecular weight excluding hydrogens is 510 g/mol. The average molecular weight is 544 g/mol. The molecule has 2 N–H and O–H groups in total. The summed E-state index contributed by atoms with van der Waals surface area (Å²) in [7, 11) is 0. The largest absolute Gasteiger partial charge is 0.381 e. The minimum absolute atomic E-state index is 0.0108. The second-order valence-electron chi connectivity index (χ2n) is 10.5. The minimum Gasteiger partial charge on any atom is -0.381 e. The number of aromatic nitrogens is 4. The Morgan fingerprint density at radius 2 is 1.90 bits per heavy atom. The zero-order valence-corrected chi connectivity index (χ0v) is 22.8. The molecule has 5 rings (SSSR count). The first-order valence-corrected chi connectivity index (χ1v) is 13.5. The third-order valence-corrected chi connectivity index (χ3v) is 7.08. The third kappa shape index (κ3) is 6.09. The van der Waals surface area contributed by atoms with Crippen molar-refractivity contribution in [2.75, 3.05) is 23.8 Å². The van der Waals surface area contributed by atoms with Crippen LogP contribution in [-0.4, -0.2) is 49.7 Å². The lowest BCUT2D eigenvalue weighted by Gasteiger charge is -2.24. The Labute approximate surface area is 232 Å². The first kappa shape index (κ1) is 27.2. The van der Waals surface area contributed by atoms with Crippen LogP contribution in [0.25, 0.3) is 5.65 Å². The van der Waals surface area contributed by atoms with Gasteiger partial charge in [-0.1, -0.05) is 39.0 Å². The molecule has 11 heteroatoms. The lowest BCUT2D eigenvalue weighted by Crippen LogP contribution is -2.29. The van der Waals surface area contributed by atoms with Gasteiger partial charge in [-0.05, 0) is 48.9 Å². The maximum Gasteiger partial charge on any atom is 0.270 e. The third-order valence-electron chi connectivity index (χ3n) is 7.08. The number of non-ortho nitro benzene ring substituents is 1. The second kappa shape index (κ2) is 11.8. The highest BCUT2D eigenvalue weighted by molar-refractivity contribution is 6.04. The van der Waals surface area contributed by atoms with Crippen LogP contribution in [0.4, 0.5) is 17.3 Å². The highest BCUT2D eigenvalue weighted by Gasteiger charge is 2.22. The molecule has 40 heavy (non-hydrogen) atoms. The van der Waals surface area contributed by atoms with Crippen LogP contribution in [0.3, 0.4) is 0 Å². The number of amides is 1. The van der Waals surface area contributed by atoms with E-state index in [1.54, 1.807) is 12.1 Å². The number of carbonyl (C=O) groups excluding carboxylic acids is 1. The number of nitro benzene ring substituents is 1. The summed E-state index contributed by atoms with van der Waals surface area (Å²) < 4.78 is 7.34. The quantitative estimate of drug-likeness (QED) is 0.213. The van der Waals surface area contributed by atoms with Gasteiger partial charge in [0.15, 0.2) is 5.65 Å². The molecule has 0 bridgehead atoms. The van der Waals surface area contributed by atoms with Crippen molar-refractivity contribution in [2.24, 2.45) is 0 Å². The number of anilines is 2. The van der Waals surface area contributed by atoms with Gasteiger partial charge in [0.1, 0.15) is 5.82 Å². The molecule has 0 saturated carbocycles. The van der Waals surface area contributed by atoms with E-state index in [0.29, 0.717) is 18.1 Å². The fourth-order valence-corrected chi connectivity index (χ4v) is 4.92. The molecule has 1 unspecified atom stereocenters. The van der Waals surface area contributed by atoms with E-state index in [9.17, 15) is 14.9 Å². The highest BCUT2D eigenvalue weighted by atomic mass is 16.6. The van der Waals surface area contributed by atoms with Crippen LogP contribution in [-0.2, 0) is 11.2 Å². The molecule has 0 spiro atoms. The summed E-state index contributed by atoms with van der Waals surface area (Å²) in [5.41, 5.74) is 3.58. The number of rotatable bonds is 9. The van der Waals surface area contributed by atoms with Crippen molar-refractivity contribution in [3.05, 3.63) is 87.4 Å². The van der Waals surface area contributed by atoms with Crippen LogP contribution in [0.15, 0.2) is 54.7 Å². The van der Waals surface area contributed by atoms with Gasteiger partial charge in [-0.25, -0.2) is 4.52 Å². The Morgan fingerprint density at radius 1 is 1.12 bits per heavy atom. The second-order valence-corrected chi connectivity index (χ2v) is 10.5. The Morgan fingerprint density at radius 3 is 2.65 bits per heavy atom. The van der Waals surface area contributed by atoms with Crippen molar-refractivity contribution in [3.8, 4) is 0 Å². The number of ether oxygens (including phenoxy) is 1. The van der Waals surface area contributed by atoms with E-state index < -0.39 is 10.8 Å². The molecule has 1 amide bonds. The molecule has 1 aliphatic rings. The van der Waals surface area contributed by atoms with E-state index in [-0.39, 0.29) is 29.1 Å². The fraction of sp³-hybridized carbons (Fsp3) is 0.379. The molecule has 1 aliphatic heterocycles. The molecule has 3 heterocycles. The van der Waals surface area contributed by atoms with Crippen LogP contribution >= 0.6 is 0 Å². The Hall–Kier alpha value is -4.38. The van der Waals surface area contributed by atoms with Crippen LogP contribution in [0, 0.1) is 10.1 Å². The first-order chi connectivity index (χ1) is 19.3. The molecule has 2 aromatic carbocycles. The average Bonchev–Trinajstić information content (AvgIpc) is 3.38. The predicted molar refractivity (Wildman–Crippen MR) is 152 cm³/mol. The fourth-order valence-electron chi connectivity index (χ4n) is 4.92. The molecule has 0 radical (unpaired) electrons. The van der Waals surface area contributed by atoms with E-state index in [0.717, 1.165) is 48.7 Å². The number of nitro groups is 1. The van der Waals surface area contributed by atoms with E-state index >= 15 is 0 Å². The van der Waals surface area contributed by atoms with Gasteiger partial charge in [-0.15, -0.1) is 0 Å². The Balaban J connectivity index is 1.37. The molecule has 1 saturated heterocycles. The Kier molecular flexibility index (Phi) is 8.01. The molecule has 208 valence electrons. The van der Waals surface area contributed by atoms with E-state index in [4.69, 9.17) is 14.7 Å². The van der Waals surface area contributed by atoms with E-state index in [1.165, 1.54) is 18.2 Å². The summed E-state index contributed by atoms with van der Waals surface area (Å²) >= 11 is 0. The molecule has 1 atom stereocenters. The Bertz CT molecular complexity index is 1530. The van der Waals surface area contributed by atoms with Gasteiger partial charge in [0, 0.05) is 54.1 Å². The number of nitrogens with zero attached hydrogens (tertiary/aromatic N) is 5. The number of fused-ring (bicyclic) bond motifs is 1. The summed E-state index contributed by atoms with van der Waals surface area (Å²) in [6.07, 6.45) is 4.34. The van der Waals surface area contributed by atoms with Crippen molar-refractivity contribution in [2.45, 2.75) is 57.9 Å². The topological polar surface area (TPSA) is 137 Å². The molecule has 4 aromatic rings. The zero-order valence-electron chi connectivity index (χ0n) is 22.8. The summed E-state index contributed by atoms with van der Waals surface area (Å²) in [5.74, 6) is 1.24. The van der Waals surface area contributed by atoms with E-state index in [1.807, 2.05) is 28.9 Å². The molecular formula is C29H33N7O4. The lowest BCUT2D eigenvalue weighted by molar-refractivity contribution is -0.384. The van der Waals surface area contributed by atoms with Crippen molar-refractivity contribution >= 4 is 28.9 Å². The smallest absolute Gasteiger partial charge is 0.270 e. The maximum absolute atomic E-state index is 12.8. The van der Waals surface area contributed by atoms with Crippen molar-refractivity contribution in [1.29, 1.82) is 0 Å². The standard InChI is InChI=1S/C29H33N7O4/c1-18(2)25-17-30-35-26(33-29(34-27(25)35)32-22-10-12-40-13-11-22)19(3)14-20-6-4-8-23(15-20)31-28(37)21-7-5-9-24(16-21)36(38)39/h4-9,15-19,22H,10-14H2,1-3H3,(H,31,37)(H,32,34). The van der Waals surface area contributed by atoms with Crippen molar-refractivity contribution < 1.29 is 14.5 Å². The SMILES string of the molecule is CC(C)c1cnn2c(C(C)Cc3cccc(NC(=O)c4cccc([N+](=O)[O-])c4)c3)nc(NC3CCOCC3)nc12. The molecule has 11 nitrogen and oxygen atoms in total. The van der Waals surface area contributed by atoms with Crippen LogP contribution < -0.4 is 10.6 Å². The van der Waals surface area contributed by atoms with Crippen LogP contribution in [0.5, 0.6) is 0 Å². The number of nitrogens with one attached hydrogen (secondary N) is 2. The zero-order chi connectivity index (χ0) is 28.2. The summed E-state index contributed by atoms with van der Waals surface area (Å²) in [5, 5.41) is 22.1. The number of hydrogen-bond donors (Lipinski definition) is 2. The van der Waals surface area contributed by atoms with Gasteiger partial charge in [0.25, 0.3) is 11.6 Å². The number of hydrogen-bond acceptors (Lipinski definition) is 8. The van der Waals surface area contributed by atoms with Gasteiger partial charge in [-0.2, -0.15) is 15.1 Å². The maximum atomic E-state index is 12.8. The first-order valence-electron chi connectivity index (χ1n) is 13.5. The molecule has 1 fully saturated rings. The highest BCUT2D eigenvalue weighted by Crippen LogP contribution is 2.27. The number of benzene rings is 2. The van der Waals surface area contributed by atoms with Crippen LogP contribution in [0.1, 0.15) is 72.8 Å². The summed E-state index contributed by atoms with van der Waals surface area (Å²) in [4.78, 5) is 33.1. The van der Waals surface area contributed by atoms with Crippen molar-refractivity contribution in [1.82, 2.24) is 19.6 Å². The van der Waals surface area contributed by atoms with Gasteiger partial charge in [0.05, 0.1) is 11.1 Å². The predicted octanol–water partition coefficient (Wildman–Crippen LogP) is 5.35. The molecule has 0 aliphatic carbocycles.